The van der Waals surface area contributed by atoms with E-state index in [4.69, 9.17) is 0 Å². The van der Waals surface area contributed by atoms with Gasteiger partial charge in [0.05, 0.1) is 9.82 Å². The maximum atomic E-state index is 13.3. The fourth-order valence-electron chi connectivity index (χ4n) is 4.37. The third-order valence-corrected chi connectivity index (χ3v) is 7.88. The van der Waals surface area contributed by atoms with Gasteiger partial charge in [0.15, 0.2) is 5.78 Å². The molecule has 2 aromatic rings. The van der Waals surface area contributed by atoms with Crippen molar-refractivity contribution in [3.8, 4) is 0 Å². The first kappa shape index (κ1) is 20.4. The molecule has 8 heteroatoms. The monoisotopic (exact) mass is 426 g/mol. The van der Waals surface area contributed by atoms with E-state index in [9.17, 15) is 23.3 Å². The summed E-state index contributed by atoms with van der Waals surface area (Å²) in [5.74, 6) is -0.914. The molecular weight excluding hydrogens is 404 g/mol. The van der Waals surface area contributed by atoms with Gasteiger partial charge in [0.1, 0.15) is 0 Å². The standard InChI is InChI=1S/C22H22N2O5S/c1-15-6-12-18(13-7-15)30(28,29)23-14-20(19-4-2-3-5-21(19)23)22(25)16-8-10-17(11-9-16)24(26)27/h2,4,6-13,19-21H,3,5,14H2,1H3/t19-,20+,21-/m1/s1. The third-order valence-electron chi connectivity index (χ3n) is 5.97. The Balaban J connectivity index is 1.66. The summed E-state index contributed by atoms with van der Waals surface area (Å²) in [7, 11) is -3.73. The van der Waals surface area contributed by atoms with Gasteiger partial charge in [0.2, 0.25) is 10.0 Å². The van der Waals surface area contributed by atoms with Crippen LogP contribution in [0.25, 0.3) is 0 Å². The Morgan fingerprint density at radius 1 is 1.10 bits per heavy atom. The average Bonchev–Trinajstić information content (AvgIpc) is 3.14. The van der Waals surface area contributed by atoms with Gasteiger partial charge in [-0.2, -0.15) is 4.31 Å². The van der Waals surface area contributed by atoms with Gasteiger partial charge < -0.3 is 0 Å². The number of Topliss-reactive ketones (excluding diaryl/α,β-unsaturated/α-hetero) is 1. The predicted octanol–water partition coefficient (Wildman–Crippen LogP) is 3.74. The second-order valence-electron chi connectivity index (χ2n) is 7.81. The van der Waals surface area contributed by atoms with Gasteiger partial charge in [0.25, 0.3) is 5.69 Å². The Morgan fingerprint density at radius 2 is 1.77 bits per heavy atom. The highest BCUT2D eigenvalue weighted by Gasteiger charge is 2.49. The lowest BCUT2D eigenvalue weighted by Crippen LogP contribution is -2.38. The number of rotatable bonds is 5. The molecule has 2 aliphatic rings. The quantitative estimate of drug-likeness (QED) is 0.314. The summed E-state index contributed by atoms with van der Waals surface area (Å²) < 4.78 is 28.2. The number of nitrogens with zero attached hydrogens (tertiary/aromatic N) is 2. The lowest BCUT2D eigenvalue weighted by atomic mass is 9.81. The van der Waals surface area contributed by atoms with Crippen LogP contribution in [-0.2, 0) is 10.0 Å². The zero-order chi connectivity index (χ0) is 21.5. The maximum Gasteiger partial charge on any atom is 0.269 e. The van der Waals surface area contributed by atoms with Gasteiger partial charge in [-0.1, -0.05) is 29.8 Å². The van der Waals surface area contributed by atoms with Crippen molar-refractivity contribution in [3.05, 3.63) is 81.9 Å². The average molecular weight is 426 g/mol. The molecule has 0 N–H and O–H groups in total. The molecule has 1 fully saturated rings. The van der Waals surface area contributed by atoms with Crippen LogP contribution in [0.2, 0.25) is 0 Å². The van der Waals surface area contributed by atoms with E-state index in [2.05, 4.69) is 0 Å². The minimum atomic E-state index is -3.73. The number of hydrogen-bond acceptors (Lipinski definition) is 5. The highest BCUT2D eigenvalue weighted by Crippen LogP contribution is 2.41. The molecule has 0 amide bonds. The summed E-state index contributed by atoms with van der Waals surface area (Å²) >= 11 is 0. The molecule has 0 aromatic heterocycles. The third kappa shape index (κ3) is 3.57. The first-order chi connectivity index (χ1) is 14.3. The van der Waals surface area contributed by atoms with Crippen molar-refractivity contribution in [2.75, 3.05) is 6.54 Å². The molecule has 30 heavy (non-hydrogen) atoms. The number of non-ortho nitro benzene ring substituents is 1. The molecule has 0 bridgehead atoms. The van der Waals surface area contributed by atoms with Gasteiger partial charge in [0, 0.05) is 42.1 Å². The van der Waals surface area contributed by atoms with Crippen LogP contribution in [0.3, 0.4) is 0 Å². The SMILES string of the molecule is Cc1ccc(S(=O)(=O)N2C[C@H](C(=O)c3ccc([N+](=O)[O-])cc3)[C@H]3C=CCC[C@H]32)cc1. The van der Waals surface area contributed by atoms with E-state index in [1.807, 2.05) is 19.1 Å². The summed E-state index contributed by atoms with van der Waals surface area (Å²) in [6, 6.07) is 12.0. The molecule has 156 valence electrons. The van der Waals surface area contributed by atoms with Crippen LogP contribution in [0.5, 0.6) is 0 Å². The van der Waals surface area contributed by atoms with E-state index in [1.165, 1.54) is 28.6 Å². The summed E-state index contributed by atoms with van der Waals surface area (Å²) in [5.41, 5.74) is 1.25. The molecular formula is C22H22N2O5S. The normalized spacial score (nSPS) is 23.8. The van der Waals surface area contributed by atoms with Crippen molar-refractivity contribution >= 4 is 21.5 Å². The molecule has 1 saturated heterocycles. The van der Waals surface area contributed by atoms with Crippen molar-refractivity contribution in [1.82, 2.24) is 4.31 Å². The van der Waals surface area contributed by atoms with Crippen molar-refractivity contribution in [1.29, 1.82) is 0 Å². The number of hydrogen-bond donors (Lipinski definition) is 0. The zero-order valence-electron chi connectivity index (χ0n) is 16.5. The van der Waals surface area contributed by atoms with Gasteiger partial charge in [-0.25, -0.2) is 8.42 Å². The van der Waals surface area contributed by atoms with Crippen LogP contribution in [-0.4, -0.2) is 36.0 Å². The van der Waals surface area contributed by atoms with Crippen LogP contribution in [0.1, 0.15) is 28.8 Å². The second-order valence-corrected chi connectivity index (χ2v) is 9.70. The molecule has 2 aromatic carbocycles. The minimum Gasteiger partial charge on any atom is -0.294 e. The van der Waals surface area contributed by atoms with Crippen LogP contribution >= 0.6 is 0 Å². The highest BCUT2D eigenvalue weighted by molar-refractivity contribution is 7.89. The number of allylic oxidation sites excluding steroid dienone is 1. The molecule has 0 unspecified atom stereocenters. The van der Waals surface area contributed by atoms with Crippen molar-refractivity contribution < 1.29 is 18.1 Å². The number of ketones is 1. The fraction of sp³-hybridized carbons (Fsp3) is 0.318. The topological polar surface area (TPSA) is 97.6 Å². The van der Waals surface area contributed by atoms with Gasteiger partial charge in [-0.05, 0) is 44.0 Å². The fourth-order valence-corrected chi connectivity index (χ4v) is 6.08. The Bertz CT molecular complexity index is 1110. The predicted molar refractivity (Wildman–Crippen MR) is 112 cm³/mol. The Morgan fingerprint density at radius 3 is 2.40 bits per heavy atom. The largest absolute Gasteiger partial charge is 0.294 e. The summed E-state index contributed by atoms with van der Waals surface area (Å²) in [6.07, 6.45) is 5.38. The molecule has 1 aliphatic carbocycles. The van der Waals surface area contributed by atoms with E-state index >= 15 is 0 Å². The summed E-state index contributed by atoms with van der Waals surface area (Å²) in [4.78, 5) is 23.8. The molecule has 0 spiro atoms. The van der Waals surface area contributed by atoms with E-state index in [0.717, 1.165) is 12.0 Å². The molecule has 1 aliphatic heterocycles. The highest BCUT2D eigenvalue weighted by atomic mass is 32.2. The van der Waals surface area contributed by atoms with Crippen LogP contribution in [0, 0.1) is 28.9 Å². The van der Waals surface area contributed by atoms with Crippen molar-refractivity contribution in [2.45, 2.75) is 30.7 Å². The first-order valence-electron chi connectivity index (χ1n) is 9.83. The number of fused-ring (bicyclic) bond motifs is 1. The number of aryl methyl sites for hydroxylation is 1. The Hall–Kier alpha value is -2.84. The number of carbonyl (C=O) groups excluding carboxylic acids is 1. The zero-order valence-corrected chi connectivity index (χ0v) is 17.3. The molecule has 1 heterocycles. The van der Waals surface area contributed by atoms with Gasteiger partial charge >= 0.3 is 0 Å². The number of sulfonamides is 1. The molecule has 7 nitrogen and oxygen atoms in total. The number of benzene rings is 2. The van der Waals surface area contributed by atoms with E-state index in [1.54, 1.807) is 24.3 Å². The number of nitro benzene ring substituents is 1. The number of nitro groups is 1. The van der Waals surface area contributed by atoms with Crippen LogP contribution < -0.4 is 0 Å². The van der Waals surface area contributed by atoms with Crippen LogP contribution in [0.15, 0.2) is 65.6 Å². The molecule has 4 rings (SSSR count). The minimum absolute atomic E-state index is 0.0861. The van der Waals surface area contributed by atoms with Crippen molar-refractivity contribution in [2.24, 2.45) is 11.8 Å². The van der Waals surface area contributed by atoms with Gasteiger partial charge in [-0.15, -0.1) is 0 Å². The molecule has 3 atom stereocenters. The molecule has 0 radical (unpaired) electrons. The lowest BCUT2D eigenvalue weighted by molar-refractivity contribution is -0.384. The molecule has 0 saturated carbocycles. The van der Waals surface area contributed by atoms with E-state index < -0.39 is 20.9 Å². The van der Waals surface area contributed by atoms with Gasteiger partial charge in [-0.3, -0.25) is 14.9 Å². The van der Waals surface area contributed by atoms with E-state index in [0.29, 0.717) is 12.0 Å². The maximum absolute atomic E-state index is 13.3. The second kappa shape index (κ2) is 7.77. The Labute approximate surface area is 175 Å². The van der Waals surface area contributed by atoms with E-state index in [-0.39, 0.29) is 34.9 Å². The van der Waals surface area contributed by atoms with Crippen LogP contribution in [0.4, 0.5) is 5.69 Å². The first-order valence-corrected chi connectivity index (χ1v) is 11.3. The Kier molecular flexibility index (Phi) is 5.29. The summed E-state index contributed by atoms with van der Waals surface area (Å²) in [5, 5.41) is 10.9. The smallest absolute Gasteiger partial charge is 0.269 e. The summed E-state index contributed by atoms with van der Waals surface area (Å²) in [6.45, 7) is 2.00. The lowest BCUT2D eigenvalue weighted by Gasteiger charge is -2.28. The number of carbonyl (C=O) groups is 1. The van der Waals surface area contributed by atoms with Crippen molar-refractivity contribution in [3.63, 3.8) is 0 Å².